The first kappa shape index (κ1) is 13.7. The summed E-state index contributed by atoms with van der Waals surface area (Å²) in [5.74, 6) is 0. The highest BCUT2D eigenvalue weighted by atomic mass is 35.5. The minimum absolute atomic E-state index is 0.136. The van der Waals surface area contributed by atoms with Crippen LogP contribution < -0.4 is 5.32 Å². The van der Waals surface area contributed by atoms with E-state index in [1.54, 1.807) is 18.2 Å². The minimum Gasteiger partial charge on any atom is -0.375 e. The lowest BCUT2D eigenvalue weighted by Crippen LogP contribution is -2.10. The Balaban J connectivity index is 2.30. The van der Waals surface area contributed by atoms with Gasteiger partial charge in [0.15, 0.2) is 0 Å². The topological polar surface area (TPSA) is 35.8 Å². The molecule has 0 aliphatic heterocycles. The smallest absolute Gasteiger partial charge is 0.0724 e. The Hall–Kier alpha value is -1.69. The first-order valence-corrected chi connectivity index (χ1v) is 6.60. The molecule has 0 aromatic heterocycles. The number of nitriles is 1. The van der Waals surface area contributed by atoms with Crippen molar-refractivity contribution >= 4 is 28.9 Å². The van der Waals surface area contributed by atoms with Gasteiger partial charge in [-0.05, 0) is 17.7 Å². The zero-order valence-corrected chi connectivity index (χ0v) is 11.6. The highest BCUT2D eigenvalue weighted by Crippen LogP contribution is 2.33. The summed E-state index contributed by atoms with van der Waals surface area (Å²) < 4.78 is 0. The second-order valence-electron chi connectivity index (χ2n) is 4.07. The summed E-state index contributed by atoms with van der Waals surface area (Å²) in [6, 6.07) is 17.1. The van der Waals surface area contributed by atoms with E-state index in [-0.39, 0.29) is 6.04 Å². The van der Waals surface area contributed by atoms with Crippen molar-refractivity contribution in [1.29, 1.82) is 5.26 Å². The van der Waals surface area contributed by atoms with E-state index in [9.17, 15) is 0 Å². The van der Waals surface area contributed by atoms with Gasteiger partial charge in [-0.15, -0.1) is 0 Å². The Kier molecular flexibility index (Phi) is 4.68. The Bertz CT molecular complexity index is 571. The molecule has 2 aromatic carbocycles. The monoisotopic (exact) mass is 290 g/mol. The molecule has 0 spiro atoms. The van der Waals surface area contributed by atoms with Crippen molar-refractivity contribution in [2.45, 2.75) is 12.5 Å². The fourth-order valence-electron chi connectivity index (χ4n) is 1.84. The van der Waals surface area contributed by atoms with E-state index in [0.717, 1.165) is 5.56 Å². The van der Waals surface area contributed by atoms with Gasteiger partial charge in [0.1, 0.15) is 0 Å². The molecule has 0 bridgehead atoms. The maximum absolute atomic E-state index is 8.96. The molecule has 0 saturated carbocycles. The van der Waals surface area contributed by atoms with Crippen molar-refractivity contribution in [3.05, 3.63) is 64.1 Å². The molecule has 0 aliphatic rings. The van der Waals surface area contributed by atoms with Crippen molar-refractivity contribution in [1.82, 2.24) is 0 Å². The van der Waals surface area contributed by atoms with Gasteiger partial charge in [0, 0.05) is 0 Å². The van der Waals surface area contributed by atoms with Crippen molar-refractivity contribution in [3.63, 3.8) is 0 Å². The van der Waals surface area contributed by atoms with Crippen molar-refractivity contribution in [3.8, 4) is 6.07 Å². The second-order valence-corrected chi connectivity index (χ2v) is 4.88. The number of nitrogens with zero attached hydrogens (tertiary/aromatic N) is 1. The third kappa shape index (κ3) is 3.41. The van der Waals surface area contributed by atoms with Crippen molar-refractivity contribution in [2.24, 2.45) is 0 Å². The summed E-state index contributed by atoms with van der Waals surface area (Å²) in [4.78, 5) is 0. The molecule has 2 rings (SSSR count). The Labute approximate surface area is 122 Å². The van der Waals surface area contributed by atoms with Gasteiger partial charge in [-0.2, -0.15) is 5.26 Å². The van der Waals surface area contributed by atoms with E-state index in [2.05, 4.69) is 11.4 Å². The maximum Gasteiger partial charge on any atom is 0.0724 e. The zero-order valence-electron chi connectivity index (χ0n) is 10.1. The van der Waals surface area contributed by atoms with Gasteiger partial charge in [0.05, 0.1) is 34.3 Å². The van der Waals surface area contributed by atoms with E-state index < -0.39 is 0 Å². The summed E-state index contributed by atoms with van der Waals surface area (Å²) >= 11 is 12.3. The molecule has 2 nitrogen and oxygen atoms in total. The van der Waals surface area contributed by atoms with E-state index in [0.29, 0.717) is 22.2 Å². The number of hydrogen-bond donors (Lipinski definition) is 1. The molecule has 4 heteroatoms. The van der Waals surface area contributed by atoms with Gasteiger partial charge in [0.25, 0.3) is 0 Å². The fraction of sp³-hybridized carbons (Fsp3) is 0.133. The Morgan fingerprint density at radius 2 is 1.63 bits per heavy atom. The molecule has 0 radical (unpaired) electrons. The first-order valence-electron chi connectivity index (χ1n) is 5.85. The largest absolute Gasteiger partial charge is 0.375 e. The lowest BCUT2D eigenvalue weighted by molar-refractivity contribution is 0.806. The van der Waals surface area contributed by atoms with Crippen LogP contribution in [0.1, 0.15) is 18.0 Å². The molecular formula is C15H12Cl2N2. The van der Waals surface area contributed by atoms with Gasteiger partial charge >= 0.3 is 0 Å². The zero-order chi connectivity index (χ0) is 13.7. The second kappa shape index (κ2) is 6.47. The van der Waals surface area contributed by atoms with Crippen LogP contribution in [0.2, 0.25) is 10.0 Å². The minimum atomic E-state index is -0.136. The van der Waals surface area contributed by atoms with E-state index in [1.165, 1.54) is 0 Å². The summed E-state index contributed by atoms with van der Waals surface area (Å²) in [5.41, 5.74) is 1.69. The third-order valence-corrected chi connectivity index (χ3v) is 3.41. The molecule has 1 unspecified atom stereocenters. The molecule has 0 aliphatic carbocycles. The number of hydrogen-bond acceptors (Lipinski definition) is 2. The van der Waals surface area contributed by atoms with E-state index in [1.807, 2.05) is 30.3 Å². The highest BCUT2D eigenvalue weighted by molar-refractivity contribution is 6.39. The van der Waals surface area contributed by atoms with Crippen LogP contribution in [-0.2, 0) is 0 Å². The third-order valence-electron chi connectivity index (χ3n) is 2.78. The Morgan fingerprint density at radius 1 is 1.00 bits per heavy atom. The van der Waals surface area contributed by atoms with Crippen LogP contribution >= 0.6 is 23.2 Å². The average molecular weight is 291 g/mol. The lowest BCUT2D eigenvalue weighted by atomic mass is 10.0. The van der Waals surface area contributed by atoms with Gasteiger partial charge in [-0.1, -0.05) is 59.6 Å². The molecule has 96 valence electrons. The molecule has 0 heterocycles. The number of anilines is 1. The van der Waals surface area contributed by atoms with E-state index in [4.69, 9.17) is 28.5 Å². The number of halogens is 2. The number of benzene rings is 2. The molecule has 19 heavy (non-hydrogen) atoms. The normalized spacial score (nSPS) is 11.6. The quantitative estimate of drug-likeness (QED) is 0.854. The Morgan fingerprint density at radius 3 is 2.21 bits per heavy atom. The molecule has 0 saturated heterocycles. The van der Waals surface area contributed by atoms with Gasteiger partial charge in [-0.3, -0.25) is 0 Å². The summed E-state index contributed by atoms with van der Waals surface area (Å²) in [6.45, 7) is 0. The highest BCUT2D eigenvalue weighted by Gasteiger charge is 2.14. The van der Waals surface area contributed by atoms with Crippen LogP contribution in [0, 0.1) is 11.3 Å². The fourth-order valence-corrected chi connectivity index (χ4v) is 2.35. The molecular weight excluding hydrogens is 279 g/mol. The maximum atomic E-state index is 8.96. The van der Waals surface area contributed by atoms with Crippen molar-refractivity contribution in [2.75, 3.05) is 5.32 Å². The summed E-state index contributed by atoms with van der Waals surface area (Å²) in [5, 5.41) is 13.3. The number of rotatable bonds is 4. The van der Waals surface area contributed by atoms with Gasteiger partial charge < -0.3 is 5.32 Å². The molecule has 1 N–H and O–H groups in total. The number of para-hydroxylation sites is 1. The first-order chi connectivity index (χ1) is 9.22. The van der Waals surface area contributed by atoms with Crippen LogP contribution in [-0.4, -0.2) is 0 Å². The number of nitrogens with one attached hydrogen (secondary N) is 1. The van der Waals surface area contributed by atoms with Crippen LogP contribution in [0.15, 0.2) is 48.5 Å². The van der Waals surface area contributed by atoms with Crippen LogP contribution in [0.4, 0.5) is 5.69 Å². The predicted octanol–water partition coefficient (Wildman–Crippen LogP) is 5.06. The van der Waals surface area contributed by atoms with Crippen molar-refractivity contribution < 1.29 is 0 Å². The summed E-state index contributed by atoms with van der Waals surface area (Å²) in [6.07, 6.45) is 0.339. The molecule has 1 atom stereocenters. The van der Waals surface area contributed by atoms with E-state index >= 15 is 0 Å². The van der Waals surface area contributed by atoms with Crippen LogP contribution in [0.3, 0.4) is 0 Å². The SMILES string of the molecule is N#CCC(Nc1c(Cl)cccc1Cl)c1ccccc1. The molecule has 0 fully saturated rings. The van der Waals surface area contributed by atoms with Gasteiger partial charge in [-0.25, -0.2) is 0 Å². The molecule has 0 amide bonds. The summed E-state index contributed by atoms with van der Waals surface area (Å²) in [7, 11) is 0. The molecule has 2 aromatic rings. The van der Waals surface area contributed by atoms with Crippen LogP contribution in [0.5, 0.6) is 0 Å². The van der Waals surface area contributed by atoms with Crippen LogP contribution in [0.25, 0.3) is 0 Å². The lowest BCUT2D eigenvalue weighted by Gasteiger charge is -2.19. The van der Waals surface area contributed by atoms with Gasteiger partial charge in [0.2, 0.25) is 0 Å². The predicted molar refractivity (Wildman–Crippen MR) is 79.5 cm³/mol. The standard InChI is InChI=1S/C15H12Cl2N2/c16-12-7-4-8-13(17)15(12)19-14(9-10-18)11-5-2-1-3-6-11/h1-8,14,19H,9H2. The average Bonchev–Trinajstić information content (AvgIpc) is 2.43.